The molecule has 3 heteroatoms. The van der Waals surface area contributed by atoms with Crippen molar-refractivity contribution >= 4 is 0 Å². The lowest BCUT2D eigenvalue weighted by Crippen LogP contribution is -2.32. The van der Waals surface area contributed by atoms with Crippen LogP contribution in [0.2, 0.25) is 0 Å². The summed E-state index contributed by atoms with van der Waals surface area (Å²) in [7, 11) is 0. The largest absolute Gasteiger partial charge is 0.392 e. The molecule has 0 N–H and O–H groups in total. The van der Waals surface area contributed by atoms with Gasteiger partial charge >= 0.3 is 6.18 Å². The normalized spacial score (nSPS) is 17.5. The highest BCUT2D eigenvalue weighted by atomic mass is 19.4. The van der Waals surface area contributed by atoms with Gasteiger partial charge in [0.15, 0.2) is 0 Å². The maximum absolute atomic E-state index is 12.5. The van der Waals surface area contributed by atoms with Gasteiger partial charge in [-0.3, -0.25) is 0 Å². The minimum Gasteiger partial charge on any atom is -0.171 e. The highest BCUT2D eigenvalue weighted by Crippen LogP contribution is 2.39. The lowest BCUT2D eigenvalue weighted by molar-refractivity contribution is -0.194. The number of rotatable bonds is 4. The van der Waals surface area contributed by atoms with Crippen LogP contribution in [0.15, 0.2) is 0 Å². The topological polar surface area (TPSA) is 0 Å². The Hall–Kier alpha value is -0.210. The third-order valence-corrected chi connectivity index (χ3v) is 2.70. The summed E-state index contributed by atoms with van der Waals surface area (Å²) in [5.74, 6) is -1.25. The average molecular weight is 196 g/mol. The SMILES string of the molecule is CCC(C(C)C)C(CC)C(F)(F)F. The molecule has 0 aromatic heterocycles. The van der Waals surface area contributed by atoms with Gasteiger partial charge in [0, 0.05) is 0 Å². The minimum absolute atomic E-state index is 0.108. The van der Waals surface area contributed by atoms with Crippen LogP contribution in [-0.4, -0.2) is 6.18 Å². The molecule has 0 amide bonds. The fourth-order valence-electron chi connectivity index (χ4n) is 2.00. The quantitative estimate of drug-likeness (QED) is 0.630. The van der Waals surface area contributed by atoms with Crippen molar-refractivity contribution in [2.75, 3.05) is 0 Å². The van der Waals surface area contributed by atoms with Gasteiger partial charge in [-0.25, -0.2) is 0 Å². The van der Waals surface area contributed by atoms with Gasteiger partial charge in [0.2, 0.25) is 0 Å². The van der Waals surface area contributed by atoms with Gasteiger partial charge in [0.25, 0.3) is 0 Å². The summed E-state index contributed by atoms with van der Waals surface area (Å²) in [5, 5.41) is 0. The van der Waals surface area contributed by atoms with Gasteiger partial charge in [-0.1, -0.05) is 34.1 Å². The predicted octanol–water partition coefficient (Wildman–Crippen LogP) is 4.26. The molecule has 0 aromatic rings. The van der Waals surface area contributed by atoms with Crippen LogP contribution in [0.3, 0.4) is 0 Å². The van der Waals surface area contributed by atoms with E-state index in [1.54, 1.807) is 6.92 Å². The maximum Gasteiger partial charge on any atom is 0.392 e. The zero-order valence-corrected chi connectivity index (χ0v) is 8.78. The van der Waals surface area contributed by atoms with Crippen molar-refractivity contribution in [3.8, 4) is 0 Å². The Morgan fingerprint density at radius 2 is 1.46 bits per heavy atom. The molecule has 0 aliphatic rings. The van der Waals surface area contributed by atoms with Crippen LogP contribution in [0.25, 0.3) is 0 Å². The van der Waals surface area contributed by atoms with Crippen LogP contribution in [0.5, 0.6) is 0 Å². The van der Waals surface area contributed by atoms with Crippen LogP contribution >= 0.6 is 0 Å². The smallest absolute Gasteiger partial charge is 0.171 e. The van der Waals surface area contributed by atoms with Crippen LogP contribution < -0.4 is 0 Å². The number of halogens is 3. The summed E-state index contributed by atoms with van der Waals surface area (Å²) in [6, 6.07) is 0. The highest BCUT2D eigenvalue weighted by molar-refractivity contribution is 4.76. The Labute approximate surface area is 78.5 Å². The zero-order valence-electron chi connectivity index (χ0n) is 8.78. The van der Waals surface area contributed by atoms with E-state index in [4.69, 9.17) is 0 Å². The van der Waals surface area contributed by atoms with Crippen molar-refractivity contribution in [1.29, 1.82) is 0 Å². The van der Waals surface area contributed by atoms with Crippen molar-refractivity contribution in [2.45, 2.75) is 46.7 Å². The highest BCUT2D eigenvalue weighted by Gasteiger charge is 2.43. The summed E-state index contributed by atoms with van der Waals surface area (Å²) in [4.78, 5) is 0. The maximum atomic E-state index is 12.5. The number of alkyl halides is 3. The molecule has 0 heterocycles. The summed E-state index contributed by atoms with van der Waals surface area (Å²) in [6.45, 7) is 7.17. The molecule has 0 aliphatic heterocycles. The molecule has 0 nitrogen and oxygen atoms in total. The second-order valence-electron chi connectivity index (χ2n) is 3.87. The van der Waals surface area contributed by atoms with Crippen molar-refractivity contribution < 1.29 is 13.2 Å². The van der Waals surface area contributed by atoms with E-state index in [1.807, 2.05) is 20.8 Å². The first-order chi connectivity index (χ1) is 5.84. The van der Waals surface area contributed by atoms with E-state index in [9.17, 15) is 13.2 Å². The van der Waals surface area contributed by atoms with Crippen molar-refractivity contribution in [2.24, 2.45) is 17.8 Å². The number of hydrogen-bond acceptors (Lipinski definition) is 0. The van der Waals surface area contributed by atoms with E-state index in [-0.39, 0.29) is 18.3 Å². The summed E-state index contributed by atoms with van der Waals surface area (Å²) >= 11 is 0. The van der Waals surface area contributed by atoms with E-state index >= 15 is 0 Å². The van der Waals surface area contributed by atoms with E-state index < -0.39 is 12.1 Å². The molecule has 0 spiro atoms. The molecule has 0 saturated heterocycles. The first-order valence-corrected chi connectivity index (χ1v) is 4.91. The molecule has 0 aromatic carbocycles. The Bertz CT molecular complexity index is 138. The van der Waals surface area contributed by atoms with Crippen molar-refractivity contribution in [3.63, 3.8) is 0 Å². The van der Waals surface area contributed by atoms with Crippen LogP contribution in [0, 0.1) is 17.8 Å². The van der Waals surface area contributed by atoms with E-state index in [2.05, 4.69) is 0 Å². The molecule has 80 valence electrons. The lowest BCUT2D eigenvalue weighted by atomic mass is 9.79. The molecule has 2 atom stereocenters. The summed E-state index contributed by atoms with van der Waals surface area (Å²) in [6.07, 6.45) is -3.23. The fourth-order valence-corrected chi connectivity index (χ4v) is 2.00. The molecular weight excluding hydrogens is 177 g/mol. The van der Waals surface area contributed by atoms with Gasteiger partial charge in [0.1, 0.15) is 0 Å². The van der Waals surface area contributed by atoms with Crippen molar-refractivity contribution in [1.82, 2.24) is 0 Å². The van der Waals surface area contributed by atoms with Crippen molar-refractivity contribution in [3.05, 3.63) is 0 Å². The molecule has 0 radical (unpaired) electrons. The Morgan fingerprint density at radius 3 is 1.54 bits per heavy atom. The zero-order chi connectivity index (χ0) is 10.6. The van der Waals surface area contributed by atoms with Gasteiger partial charge in [-0.05, 0) is 18.3 Å². The standard InChI is InChI=1S/C10H19F3/c1-5-8(7(3)4)9(6-2)10(11,12)13/h7-9H,5-6H2,1-4H3. The first-order valence-electron chi connectivity index (χ1n) is 4.91. The molecule has 0 aliphatic carbocycles. The second-order valence-corrected chi connectivity index (χ2v) is 3.87. The molecule has 0 bridgehead atoms. The summed E-state index contributed by atoms with van der Waals surface area (Å²) < 4.78 is 37.6. The van der Waals surface area contributed by atoms with E-state index in [1.165, 1.54) is 0 Å². The van der Waals surface area contributed by atoms with Crippen LogP contribution in [0.1, 0.15) is 40.5 Å². The molecule has 0 rings (SSSR count). The molecule has 2 unspecified atom stereocenters. The lowest BCUT2D eigenvalue weighted by Gasteiger charge is -2.30. The van der Waals surface area contributed by atoms with Crippen LogP contribution in [-0.2, 0) is 0 Å². The molecule has 13 heavy (non-hydrogen) atoms. The van der Waals surface area contributed by atoms with Crippen LogP contribution in [0.4, 0.5) is 13.2 Å². The summed E-state index contributed by atoms with van der Waals surface area (Å²) in [5.41, 5.74) is 0. The van der Waals surface area contributed by atoms with Gasteiger partial charge < -0.3 is 0 Å². The fraction of sp³-hybridized carbons (Fsp3) is 1.00. The molecule has 0 saturated carbocycles. The minimum atomic E-state index is -4.03. The average Bonchev–Trinajstić information content (AvgIpc) is 1.96. The number of hydrogen-bond donors (Lipinski definition) is 0. The van der Waals surface area contributed by atoms with Gasteiger partial charge in [-0.15, -0.1) is 0 Å². The third-order valence-electron chi connectivity index (χ3n) is 2.70. The molecular formula is C10H19F3. The predicted molar refractivity (Wildman–Crippen MR) is 48.5 cm³/mol. The van der Waals surface area contributed by atoms with Gasteiger partial charge in [-0.2, -0.15) is 13.2 Å². The van der Waals surface area contributed by atoms with E-state index in [0.717, 1.165) is 0 Å². The van der Waals surface area contributed by atoms with E-state index in [0.29, 0.717) is 6.42 Å². The van der Waals surface area contributed by atoms with Gasteiger partial charge in [0.05, 0.1) is 5.92 Å². The monoisotopic (exact) mass is 196 g/mol. The second kappa shape index (κ2) is 4.87. The Morgan fingerprint density at radius 1 is 1.00 bits per heavy atom. The third kappa shape index (κ3) is 3.57. The Kier molecular flexibility index (Phi) is 4.79. The first kappa shape index (κ1) is 12.8. The molecule has 0 fully saturated rings. The Balaban J connectivity index is 4.53.